The number of ether oxygens (including phenoxy) is 2. The number of hydroxylamine groups is 1. The molecule has 1 heterocycles. The second-order valence-electron chi connectivity index (χ2n) is 9.22. The number of anilines is 1. The van der Waals surface area contributed by atoms with E-state index in [2.05, 4.69) is 5.32 Å². The van der Waals surface area contributed by atoms with Crippen molar-refractivity contribution >= 4 is 33.2 Å². The van der Waals surface area contributed by atoms with Gasteiger partial charge in [-0.3, -0.25) is 19.7 Å². The SMILES string of the molecule is CCC(=O)CN(C(=O)NCCCOc1ccc(S(=O)(=O)C2(C(=O)NO)CCOCC2)cc1)c1ccccc1C. The Morgan fingerprint density at radius 2 is 1.74 bits per heavy atom. The van der Waals surface area contributed by atoms with Crippen LogP contribution in [0.2, 0.25) is 0 Å². The van der Waals surface area contributed by atoms with Gasteiger partial charge < -0.3 is 14.8 Å². The molecule has 11 nitrogen and oxygen atoms in total. The molecule has 1 aliphatic rings. The fourth-order valence-corrected chi connectivity index (χ4v) is 6.27. The molecule has 0 atom stereocenters. The number of rotatable bonds is 12. The van der Waals surface area contributed by atoms with Crippen molar-refractivity contribution in [1.82, 2.24) is 10.8 Å². The van der Waals surface area contributed by atoms with E-state index in [0.29, 0.717) is 30.8 Å². The van der Waals surface area contributed by atoms with Gasteiger partial charge >= 0.3 is 6.03 Å². The summed E-state index contributed by atoms with van der Waals surface area (Å²) in [5, 5.41) is 12.0. The molecule has 1 saturated heterocycles. The minimum atomic E-state index is -4.12. The number of hydrogen-bond donors (Lipinski definition) is 3. The summed E-state index contributed by atoms with van der Waals surface area (Å²) in [7, 11) is -4.12. The van der Waals surface area contributed by atoms with Gasteiger partial charge in [0.2, 0.25) is 0 Å². The summed E-state index contributed by atoms with van der Waals surface area (Å²) in [5.41, 5.74) is 3.04. The third kappa shape index (κ3) is 6.94. The Morgan fingerprint density at radius 1 is 1.08 bits per heavy atom. The number of nitrogens with zero attached hydrogens (tertiary/aromatic N) is 1. The Morgan fingerprint density at radius 3 is 2.36 bits per heavy atom. The van der Waals surface area contributed by atoms with Crippen molar-refractivity contribution in [2.45, 2.75) is 49.2 Å². The lowest BCUT2D eigenvalue weighted by Crippen LogP contribution is -2.54. The van der Waals surface area contributed by atoms with E-state index in [9.17, 15) is 22.8 Å². The van der Waals surface area contributed by atoms with Crippen LogP contribution < -0.4 is 20.4 Å². The molecule has 212 valence electrons. The van der Waals surface area contributed by atoms with Crippen LogP contribution in [0, 0.1) is 6.92 Å². The Bertz CT molecular complexity index is 1260. The molecule has 0 aromatic heterocycles. The number of urea groups is 1. The number of sulfone groups is 1. The highest BCUT2D eigenvalue weighted by molar-refractivity contribution is 7.93. The summed E-state index contributed by atoms with van der Waals surface area (Å²) in [6.07, 6.45) is 0.654. The molecule has 1 aliphatic heterocycles. The molecular weight excluding hydrogens is 526 g/mol. The molecule has 3 N–H and O–H groups in total. The highest BCUT2D eigenvalue weighted by Crippen LogP contribution is 2.35. The van der Waals surface area contributed by atoms with E-state index in [4.69, 9.17) is 14.7 Å². The topological polar surface area (TPSA) is 151 Å². The smallest absolute Gasteiger partial charge is 0.322 e. The second-order valence-corrected chi connectivity index (χ2v) is 11.5. The summed E-state index contributed by atoms with van der Waals surface area (Å²) >= 11 is 0. The van der Waals surface area contributed by atoms with Gasteiger partial charge in [-0.2, -0.15) is 0 Å². The van der Waals surface area contributed by atoms with Crippen LogP contribution in [0.5, 0.6) is 5.75 Å². The van der Waals surface area contributed by atoms with Gasteiger partial charge in [-0.05, 0) is 62.1 Å². The van der Waals surface area contributed by atoms with Crippen molar-refractivity contribution in [2.75, 3.05) is 37.8 Å². The predicted molar refractivity (Wildman–Crippen MR) is 144 cm³/mol. The molecule has 0 saturated carbocycles. The van der Waals surface area contributed by atoms with Gasteiger partial charge in [0.05, 0.1) is 18.0 Å². The van der Waals surface area contributed by atoms with Crippen molar-refractivity contribution in [2.24, 2.45) is 0 Å². The molecule has 2 aromatic carbocycles. The van der Waals surface area contributed by atoms with Crippen molar-refractivity contribution < 1.29 is 37.5 Å². The predicted octanol–water partition coefficient (Wildman–Crippen LogP) is 2.79. The third-order valence-corrected chi connectivity index (χ3v) is 9.23. The average Bonchev–Trinajstić information content (AvgIpc) is 2.96. The molecule has 0 radical (unpaired) electrons. The second kappa shape index (κ2) is 13.5. The van der Waals surface area contributed by atoms with Crippen molar-refractivity contribution in [3.63, 3.8) is 0 Å². The zero-order valence-corrected chi connectivity index (χ0v) is 23.0. The van der Waals surface area contributed by atoms with Gasteiger partial charge in [-0.15, -0.1) is 0 Å². The molecular formula is C27H35N3O8S. The van der Waals surface area contributed by atoms with Gasteiger partial charge in [0, 0.05) is 31.9 Å². The first-order chi connectivity index (χ1) is 18.7. The maximum atomic E-state index is 13.3. The highest BCUT2D eigenvalue weighted by atomic mass is 32.2. The van der Waals surface area contributed by atoms with Crippen molar-refractivity contribution in [3.8, 4) is 5.75 Å². The van der Waals surface area contributed by atoms with Crippen LogP contribution in [0.3, 0.4) is 0 Å². The van der Waals surface area contributed by atoms with Crippen molar-refractivity contribution in [1.29, 1.82) is 0 Å². The molecule has 3 rings (SSSR count). The van der Waals surface area contributed by atoms with Gasteiger partial charge in [0.1, 0.15) is 5.75 Å². The number of carbonyl (C=O) groups is 3. The van der Waals surface area contributed by atoms with Crippen LogP contribution in [-0.4, -0.2) is 69.0 Å². The fraction of sp³-hybridized carbons (Fsp3) is 0.444. The normalized spacial score (nSPS) is 14.7. The van der Waals surface area contributed by atoms with Gasteiger partial charge in [-0.1, -0.05) is 25.1 Å². The number of ketones is 1. The van der Waals surface area contributed by atoms with Crippen LogP contribution in [0.1, 0.15) is 38.2 Å². The van der Waals surface area contributed by atoms with E-state index in [0.717, 1.165) is 5.56 Å². The Hall–Kier alpha value is -3.48. The summed E-state index contributed by atoms with van der Waals surface area (Å²) in [6, 6.07) is 12.7. The Kier molecular flexibility index (Phi) is 10.4. The number of para-hydroxylation sites is 1. The Labute approximate surface area is 228 Å². The van der Waals surface area contributed by atoms with E-state index in [1.807, 2.05) is 25.1 Å². The first kappa shape index (κ1) is 30.1. The van der Waals surface area contributed by atoms with E-state index in [1.54, 1.807) is 13.0 Å². The third-order valence-electron chi connectivity index (χ3n) is 6.71. The number of nitrogens with one attached hydrogen (secondary N) is 2. The summed E-state index contributed by atoms with van der Waals surface area (Å²) in [6.45, 7) is 4.33. The largest absolute Gasteiger partial charge is 0.494 e. The quantitative estimate of drug-likeness (QED) is 0.203. The van der Waals surface area contributed by atoms with Gasteiger partial charge in [0.25, 0.3) is 5.91 Å². The number of hydrogen-bond acceptors (Lipinski definition) is 8. The van der Waals surface area contributed by atoms with Crippen LogP contribution in [0.15, 0.2) is 53.4 Å². The summed E-state index contributed by atoms with van der Waals surface area (Å²) < 4.78 is 35.7. The molecule has 0 bridgehead atoms. The lowest BCUT2D eigenvalue weighted by atomic mass is 9.98. The number of benzene rings is 2. The lowest BCUT2D eigenvalue weighted by molar-refractivity contribution is -0.134. The molecule has 12 heteroatoms. The minimum Gasteiger partial charge on any atom is -0.494 e. The summed E-state index contributed by atoms with van der Waals surface area (Å²) in [5.74, 6) is -0.613. The highest BCUT2D eigenvalue weighted by Gasteiger charge is 2.52. The zero-order chi connectivity index (χ0) is 28.5. The van der Waals surface area contributed by atoms with Crippen molar-refractivity contribution in [3.05, 3.63) is 54.1 Å². The molecule has 3 amide bonds. The van der Waals surface area contributed by atoms with Crippen LogP contribution in [0.4, 0.5) is 10.5 Å². The number of Topliss-reactive ketones (excluding diaryl/α,β-unsaturated/α-hetero) is 1. The van der Waals surface area contributed by atoms with Crippen LogP contribution in [0.25, 0.3) is 0 Å². The number of aryl methyl sites for hydroxylation is 1. The van der Waals surface area contributed by atoms with Crippen LogP contribution >= 0.6 is 0 Å². The molecule has 2 aromatic rings. The maximum absolute atomic E-state index is 13.3. The average molecular weight is 562 g/mol. The van der Waals surface area contributed by atoms with Gasteiger partial charge in [-0.25, -0.2) is 18.7 Å². The first-order valence-electron chi connectivity index (χ1n) is 12.8. The minimum absolute atomic E-state index is 0.0206. The Balaban J connectivity index is 1.55. The molecule has 39 heavy (non-hydrogen) atoms. The maximum Gasteiger partial charge on any atom is 0.322 e. The summed E-state index contributed by atoms with van der Waals surface area (Å²) in [4.78, 5) is 38.7. The fourth-order valence-electron chi connectivity index (χ4n) is 4.34. The van der Waals surface area contributed by atoms with E-state index in [-0.39, 0.29) is 55.9 Å². The lowest BCUT2D eigenvalue weighted by Gasteiger charge is -2.34. The van der Waals surface area contributed by atoms with Crippen LogP contribution in [-0.2, 0) is 24.2 Å². The number of carbonyl (C=O) groups excluding carboxylic acids is 3. The monoisotopic (exact) mass is 561 g/mol. The van der Waals surface area contributed by atoms with E-state index in [1.165, 1.54) is 34.6 Å². The molecule has 1 fully saturated rings. The molecule has 0 unspecified atom stereocenters. The molecule has 0 spiro atoms. The number of amides is 3. The van der Waals surface area contributed by atoms with E-state index >= 15 is 0 Å². The van der Waals surface area contributed by atoms with E-state index < -0.39 is 20.5 Å². The first-order valence-corrected chi connectivity index (χ1v) is 14.3. The van der Waals surface area contributed by atoms with Gasteiger partial charge in [0.15, 0.2) is 20.4 Å². The molecule has 0 aliphatic carbocycles. The zero-order valence-electron chi connectivity index (χ0n) is 22.1. The standard InChI is InChI=1S/C27H35N3O8S/c1-3-21(31)19-30(24-8-5-4-7-20(24)2)26(33)28-15-6-16-38-22-9-11-23(12-10-22)39(35,36)27(25(32)29-34)13-17-37-18-14-27/h4-5,7-12,34H,3,6,13-19H2,1-2H3,(H,28,33)(H,29,32).